The van der Waals surface area contributed by atoms with Crippen LogP contribution in [0.4, 0.5) is 0 Å². The zero-order chi connectivity index (χ0) is 14.4. The highest BCUT2D eigenvalue weighted by atomic mass is 32.2. The zero-order valence-corrected chi connectivity index (χ0v) is 13.5. The van der Waals surface area contributed by atoms with Gasteiger partial charge in [0.1, 0.15) is 11.7 Å². The van der Waals surface area contributed by atoms with Crippen LogP contribution in [0.25, 0.3) is 0 Å². The molecule has 2 atom stereocenters. The number of nitrogens with one attached hydrogen (secondary N) is 1. The Kier molecular flexibility index (Phi) is 3.75. The number of thioether (sulfide) groups is 1. The van der Waals surface area contributed by atoms with Crippen LogP contribution in [0.3, 0.4) is 0 Å². The molecule has 0 aromatic carbocycles. The first-order valence-corrected chi connectivity index (χ1v) is 8.22. The molecule has 7 heteroatoms. The van der Waals surface area contributed by atoms with Gasteiger partial charge in [-0.25, -0.2) is 5.84 Å². The summed E-state index contributed by atoms with van der Waals surface area (Å²) in [5, 5.41) is 5.33. The maximum atomic E-state index is 12.4. The SMILES string of the molecule is CSCC[C@H]1C(=O)N(N)[C@]2(C)CC(C)(C)NC(=S)N12. The lowest BCUT2D eigenvalue weighted by atomic mass is 9.88. The van der Waals surface area contributed by atoms with E-state index in [1.807, 2.05) is 18.1 Å². The Morgan fingerprint density at radius 2 is 2.16 bits per heavy atom. The number of carbonyl (C=O) groups excluding carboxylic acids is 1. The summed E-state index contributed by atoms with van der Waals surface area (Å²) in [6, 6.07) is -0.237. The number of rotatable bonds is 3. The van der Waals surface area contributed by atoms with Gasteiger partial charge in [-0.15, -0.1) is 0 Å². The normalized spacial score (nSPS) is 33.4. The van der Waals surface area contributed by atoms with Gasteiger partial charge in [-0.05, 0) is 51.4 Å². The van der Waals surface area contributed by atoms with Crippen molar-refractivity contribution in [2.45, 2.75) is 50.9 Å². The van der Waals surface area contributed by atoms with Crippen molar-refractivity contribution in [3.8, 4) is 0 Å². The van der Waals surface area contributed by atoms with E-state index in [0.717, 1.165) is 18.6 Å². The topological polar surface area (TPSA) is 61.6 Å². The fraction of sp³-hybridized carbons (Fsp3) is 0.833. The molecule has 1 amide bonds. The van der Waals surface area contributed by atoms with Gasteiger partial charge >= 0.3 is 0 Å². The van der Waals surface area contributed by atoms with Gasteiger partial charge in [0.25, 0.3) is 5.91 Å². The molecule has 2 aliphatic rings. The fourth-order valence-electron chi connectivity index (χ4n) is 3.20. The van der Waals surface area contributed by atoms with E-state index >= 15 is 0 Å². The van der Waals surface area contributed by atoms with Crippen LogP contribution in [0.5, 0.6) is 0 Å². The van der Waals surface area contributed by atoms with Gasteiger partial charge in [0.2, 0.25) is 0 Å². The molecule has 3 N–H and O–H groups in total. The summed E-state index contributed by atoms with van der Waals surface area (Å²) in [6.45, 7) is 6.16. The summed E-state index contributed by atoms with van der Waals surface area (Å²) in [7, 11) is 0. The second kappa shape index (κ2) is 4.79. The number of hydrazine groups is 1. The molecule has 2 heterocycles. The Morgan fingerprint density at radius 3 is 2.74 bits per heavy atom. The zero-order valence-electron chi connectivity index (χ0n) is 11.9. The summed E-state index contributed by atoms with van der Waals surface area (Å²) in [6.07, 6.45) is 3.55. The van der Waals surface area contributed by atoms with Crippen molar-refractivity contribution in [2.75, 3.05) is 12.0 Å². The van der Waals surface area contributed by atoms with Crippen LogP contribution in [0.1, 0.15) is 33.6 Å². The number of fused-ring (bicyclic) bond motifs is 1. The van der Waals surface area contributed by atoms with Crippen LogP contribution in [0.15, 0.2) is 0 Å². The quantitative estimate of drug-likeness (QED) is 0.459. The third-order valence-corrected chi connectivity index (χ3v) is 4.85. The first-order chi connectivity index (χ1) is 8.73. The van der Waals surface area contributed by atoms with E-state index in [2.05, 4.69) is 19.2 Å². The van der Waals surface area contributed by atoms with Gasteiger partial charge in [-0.1, -0.05) is 0 Å². The molecule has 0 saturated carbocycles. The molecule has 0 spiro atoms. The van der Waals surface area contributed by atoms with Crippen molar-refractivity contribution in [2.24, 2.45) is 5.84 Å². The van der Waals surface area contributed by atoms with Crippen LogP contribution in [0.2, 0.25) is 0 Å². The van der Waals surface area contributed by atoms with Crippen LogP contribution in [-0.2, 0) is 4.79 Å². The lowest BCUT2D eigenvalue weighted by Gasteiger charge is -2.51. The molecule has 0 aromatic rings. The number of thiocarbonyl (C=S) groups is 1. The highest BCUT2D eigenvalue weighted by Gasteiger charge is 2.58. The van der Waals surface area contributed by atoms with Gasteiger partial charge in [0, 0.05) is 12.0 Å². The third kappa shape index (κ3) is 2.32. The van der Waals surface area contributed by atoms with E-state index in [-0.39, 0.29) is 17.5 Å². The Balaban J connectivity index is 2.34. The summed E-state index contributed by atoms with van der Waals surface area (Å²) in [5.41, 5.74) is -0.680. The number of hydrogen-bond donors (Lipinski definition) is 2. The van der Waals surface area contributed by atoms with E-state index in [9.17, 15) is 4.79 Å². The van der Waals surface area contributed by atoms with Gasteiger partial charge in [0.15, 0.2) is 5.11 Å². The molecule has 2 saturated heterocycles. The lowest BCUT2D eigenvalue weighted by molar-refractivity contribution is -0.132. The van der Waals surface area contributed by atoms with Crippen molar-refractivity contribution < 1.29 is 4.79 Å². The average Bonchev–Trinajstić information content (AvgIpc) is 2.46. The van der Waals surface area contributed by atoms with Crippen molar-refractivity contribution in [3.05, 3.63) is 0 Å². The molecule has 0 aliphatic carbocycles. The third-order valence-electron chi connectivity index (χ3n) is 3.91. The van der Waals surface area contributed by atoms with Crippen molar-refractivity contribution in [3.63, 3.8) is 0 Å². The molecule has 5 nitrogen and oxygen atoms in total. The summed E-state index contributed by atoms with van der Waals surface area (Å²) in [5.74, 6) is 6.95. The standard InChI is InChI=1S/C12H22N4OS2/c1-11(2)7-12(3)15(10(18)14-11)8(5-6-19-4)9(17)16(12)13/h8H,5-7,13H2,1-4H3,(H,14,18)/t8-,12+/m0/s1. The molecule has 0 unspecified atom stereocenters. The molecular formula is C12H22N4OS2. The minimum Gasteiger partial charge on any atom is -0.357 e. The van der Waals surface area contributed by atoms with Crippen molar-refractivity contribution >= 4 is 35.0 Å². The highest BCUT2D eigenvalue weighted by Crippen LogP contribution is 2.40. The van der Waals surface area contributed by atoms with Crippen LogP contribution in [0, 0.1) is 0 Å². The van der Waals surface area contributed by atoms with E-state index < -0.39 is 5.66 Å². The first-order valence-electron chi connectivity index (χ1n) is 6.42. The van der Waals surface area contributed by atoms with E-state index in [1.165, 1.54) is 5.01 Å². The smallest absolute Gasteiger partial charge is 0.261 e. The van der Waals surface area contributed by atoms with Gasteiger partial charge < -0.3 is 10.2 Å². The molecule has 2 rings (SSSR count). The number of amides is 1. The monoisotopic (exact) mass is 302 g/mol. The molecule has 0 aromatic heterocycles. The predicted octanol–water partition coefficient (Wildman–Crippen LogP) is 0.899. The molecule has 2 fully saturated rings. The average molecular weight is 302 g/mol. The molecule has 0 radical (unpaired) electrons. The summed E-state index contributed by atoms with van der Waals surface area (Å²) < 4.78 is 0. The van der Waals surface area contributed by atoms with Gasteiger partial charge in [0.05, 0.1) is 0 Å². The van der Waals surface area contributed by atoms with Crippen molar-refractivity contribution in [1.29, 1.82) is 0 Å². The van der Waals surface area contributed by atoms with E-state index in [0.29, 0.717) is 5.11 Å². The van der Waals surface area contributed by atoms with Crippen LogP contribution >= 0.6 is 24.0 Å². The summed E-state index contributed by atoms with van der Waals surface area (Å²) >= 11 is 7.20. The predicted molar refractivity (Wildman–Crippen MR) is 82.5 cm³/mol. The van der Waals surface area contributed by atoms with E-state index in [1.54, 1.807) is 11.8 Å². The number of hydrogen-bond acceptors (Lipinski definition) is 4. The highest BCUT2D eigenvalue weighted by molar-refractivity contribution is 7.98. The van der Waals surface area contributed by atoms with E-state index in [4.69, 9.17) is 18.1 Å². The molecular weight excluding hydrogens is 280 g/mol. The lowest BCUT2D eigenvalue weighted by Crippen LogP contribution is -2.69. The van der Waals surface area contributed by atoms with Gasteiger partial charge in [-0.3, -0.25) is 9.80 Å². The Hall–Kier alpha value is -0.530. The first kappa shape index (κ1) is 14.9. The summed E-state index contributed by atoms with van der Waals surface area (Å²) in [4.78, 5) is 14.4. The number of nitrogens with two attached hydrogens (primary N) is 1. The number of carbonyl (C=O) groups is 1. The largest absolute Gasteiger partial charge is 0.357 e. The Labute approximate surface area is 124 Å². The molecule has 108 valence electrons. The molecule has 2 aliphatic heterocycles. The van der Waals surface area contributed by atoms with Crippen LogP contribution in [-0.4, -0.2) is 50.2 Å². The molecule has 19 heavy (non-hydrogen) atoms. The molecule has 0 bridgehead atoms. The second-order valence-corrected chi connectivity index (χ2v) is 7.46. The van der Waals surface area contributed by atoms with Gasteiger partial charge in [-0.2, -0.15) is 11.8 Å². The van der Waals surface area contributed by atoms with Crippen LogP contribution < -0.4 is 11.2 Å². The number of nitrogens with zero attached hydrogens (tertiary/aromatic N) is 2. The fourth-order valence-corrected chi connectivity index (χ4v) is 4.26. The second-order valence-electron chi connectivity index (χ2n) is 6.08. The Bertz CT molecular complexity index is 415. The Morgan fingerprint density at radius 1 is 1.53 bits per heavy atom. The maximum absolute atomic E-state index is 12.4. The minimum absolute atomic E-state index is 0.0293. The maximum Gasteiger partial charge on any atom is 0.261 e. The minimum atomic E-state index is -0.522. The van der Waals surface area contributed by atoms with Crippen molar-refractivity contribution in [1.82, 2.24) is 15.2 Å².